The molecule has 1 heterocycles. The number of piperazine rings is 1. The summed E-state index contributed by atoms with van der Waals surface area (Å²) >= 11 is 12.0. The molecule has 0 atom stereocenters. The van der Waals surface area contributed by atoms with Gasteiger partial charge in [-0.05, 0) is 37.3 Å². The molecule has 1 aliphatic heterocycles. The zero-order valence-corrected chi connectivity index (χ0v) is 15.6. The van der Waals surface area contributed by atoms with E-state index >= 15 is 0 Å². The largest absolute Gasteiger partial charge is 0.368 e. The van der Waals surface area contributed by atoms with Crippen molar-refractivity contribution >= 4 is 40.5 Å². The zero-order chi connectivity index (χ0) is 18.8. The maximum atomic E-state index is 12.7. The minimum absolute atomic E-state index is 0.0194. The van der Waals surface area contributed by atoms with E-state index in [4.69, 9.17) is 23.2 Å². The van der Waals surface area contributed by atoms with Crippen LogP contribution in [0.3, 0.4) is 0 Å². The second-order valence-corrected chi connectivity index (χ2v) is 6.95. The van der Waals surface area contributed by atoms with E-state index in [1.807, 2.05) is 12.1 Å². The fraction of sp³-hybridized carbons (Fsp3) is 0.278. The molecule has 1 amide bonds. The number of hydrogen-bond donors (Lipinski definition) is 0. The van der Waals surface area contributed by atoms with Crippen molar-refractivity contribution < 1.29 is 9.72 Å². The van der Waals surface area contributed by atoms with Crippen LogP contribution in [0.2, 0.25) is 10.0 Å². The molecule has 2 aromatic rings. The van der Waals surface area contributed by atoms with Gasteiger partial charge in [-0.25, -0.2) is 0 Å². The highest BCUT2D eigenvalue weighted by atomic mass is 35.5. The summed E-state index contributed by atoms with van der Waals surface area (Å²) < 4.78 is 0. The summed E-state index contributed by atoms with van der Waals surface area (Å²) in [7, 11) is 0. The van der Waals surface area contributed by atoms with Crippen LogP contribution in [0.15, 0.2) is 36.4 Å². The first kappa shape index (κ1) is 18.5. The van der Waals surface area contributed by atoms with Crippen LogP contribution in [0.25, 0.3) is 0 Å². The van der Waals surface area contributed by atoms with Crippen LogP contribution in [0.4, 0.5) is 11.4 Å². The molecule has 6 nitrogen and oxygen atoms in total. The van der Waals surface area contributed by atoms with E-state index in [0.29, 0.717) is 47.4 Å². The summed E-state index contributed by atoms with van der Waals surface area (Å²) in [6, 6.07) is 9.96. The minimum Gasteiger partial charge on any atom is -0.368 e. The smallest absolute Gasteiger partial charge is 0.272 e. The van der Waals surface area contributed by atoms with E-state index in [-0.39, 0.29) is 11.6 Å². The zero-order valence-electron chi connectivity index (χ0n) is 14.1. The molecule has 0 spiro atoms. The Balaban J connectivity index is 1.67. The van der Waals surface area contributed by atoms with Crippen LogP contribution in [-0.2, 0) is 0 Å². The van der Waals surface area contributed by atoms with E-state index < -0.39 is 4.92 Å². The fourth-order valence-electron chi connectivity index (χ4n) is 3.03. The molecule has 136 valence electrons. The van der Waals surface area contributed by atoms with Gasteiger partial charge < -0.3 is 9.80 Å². The van der Waals surface area contributed by atoms with E-state index in [9.17, 15) is 14.9 Å². The lowest BCUT2D eigenvalue weighted by Gasteiger charge is -2.36. The van der Waals surface area contributed by atoms with Crippen LogP contribution in [-0.4, -0.2) is 41.9 Å². The molecular weight excluding hydrogens is 377 g/mol. The lowest BCUT2D eigenvalue weighted by Crippen LogP contribution is -2.48. The van der Waals surface area contributed by atoms with Crippen LogP contribution >= 0.6 is 23.2 Å². The number of hydrogen-bond acceptors (Lipinski definition) is 4. The van der Waals surface area contributed by atoms with Gasteiger partial charge >= 0.3 is 0 Å². The third kappa shape index (κ3) is 3.76. The van der Waals surface area contributed by atoms with Gasteiger partial charge in [0.2, 0.25) is 0 Å². The lowest BCUT2D eigenvalue weighted by atomic mass is 10.1. The first-order valence-corrected chi connectivity index (χ1v) is 8.86. The number of benzene rings is 2. The number of rotatable bonds is 3. The number of carbonyl (C=O) groups excluding carboxylic acids is 1. The number of nitro groups is 1. The molecule has 26 heavy (non-hydrogen) atoms. The van der Waals surface area contributed by atoms with Gasteiger partial charge in [-0.1, -0.05) is 23.2 Å². The van der Waals surface area contributed by atoms with Crippen molar-refractivity contribution in [3.05, 3.63) is 67.7 Å². The number of nitro benzene ring substituents is 1. The van der Waals surface area contributed by atoms with Crippen LogP contribution < -0.4 is 4.90 Å². The molecule has 1 fully saturated rings. The van der Waals surface area contributed by atoms with Crippen molar-refractivity contribution in [2.24, 2.45) is 0 Å². The normalized spacial score (nSPS) is 14.4. The topological polar surface area (TPSA) is 66.7 Å². The van der Waals surface area contributed by atoms with Gasteiger partial charge in [0.1, 0.15) is 0 Å². The molecule has 0 radical (unpaired) electrons. The second kappa shape index (κ2) is 7.51. The van der Waals surface area contributed by atoms with Gasteiger partial charge in [0.05, 0.1) is 15.0 Å². The van der Waals surface area contributed by atoms with Crippen molar-refractivity contribution in [1.29, 1.82) is 0 Å². The minimum atomic E-state index is -0.445. The van der Waals surface area contributed by atoms with Crippen molar-refractivity contribution in [3.63, 3.8) is 0 Å². The fourth-order valence-corrected chi connectivity index (χ4v) is 3.32. The first-order valence-electron chi connectivity index (χ1n) is 8.11. The van der Waals surface area contributed by atoms with E-state index in [0.717, 1.165) is 5.69 Å². The number of aryl methyl sites for hydroxylation is 1. The summed E-state index contributed by atoms with van der Waals surface area (Å²) in [6.45, 7) is 4.12. The quantitative estimate of drug-likeness (QED) is 0.579. The molecule has 0 bridgehead atoms. The summed E-state index contributed by atoms with van der Waals surface area (Å²) in [6.07, 6.45) is 0. The number of amides is 1. The first-order chi connectivity index (χ1) is 12.4. The Kier molecular flexibility index (Phi) is 5.34. The molecular formula is C18H17Cl2N3O3. The number of nitrogens with zero attached hydrogens (tertiary/aromatic N) is 3. The van der Waals surface area contributed by atoms with Gasteiger partial charge in [-0.3, -0.25) is 14.9 Å². The third-order valence-corrected chi connectivity index (χ3v) is 5.21. The summed E-state index contributed by atoms with van der Waals surface area (Å²) in [5.41, 5.74) is 1.94. The Morgan fingerprint density at radius 1 is 1.04 bits per heavy atom. The monoisotopic (exact) mass is 393 g/mol. The maximum Gasteiger partial charge on any atom is 0.272 e. The van der Waals surface area contributed by atoms with E-state index in [2.05, 4.69) is 4.90 Å². The number of halogens is 2. The molecule has 1 saturated heterocycles. The SMILES string of the molecule is Cc1cc(C(=O)N2CCN(c3ccc(Cl)c(Cl)c3)CC2)ccc1[N+](=O)[O-]. The molecule has 8 heteroatoms. The summed E-state index contributed by atoms with van der Waals surface area (Å²) in [5.74, 6) is -0.114. The van der Waals surface area contributed by atoms with Crippen molar-refractivity contribution in [3.8, 4) is 0 Å². The Hall–Kier alpha value is -2.31. The Labute approximate surface area is 161 Å². The molecule has 0 aromatic heterocycles. The van der Waals surface area contributed by atoms with Crippen molar-refractivity contribution in [2.75, 3.05) is 31.1 Å². The predicted molar refractivity (Wildman–Crippen MR) is 102 cm³/mol. The molecule has 0 N–H and O–H groups in total. The van der Waals surface area contributed by atoms with Crippen molar-refractivity contribution in [2.45, 2.75) is 6.92 Å². The lowest BCUT2D eigenvalue weighted by molar-refractivity contribution is -0.385. The van der Waals surface area contributed by atoms with Gasteiger partial charge in [-0.15, -0.1) is 0 Å². The maximum absolute atomic E-state index is 12.7. The van der Waals surface area contributed by atoms with Crippen LogP contribution in [0.1, 0.15) is 15.9 Å². The molecule has 0 unspecified atom stereocenters. The Morgan fingerprint density at radius 2 is 1.73 bits per heavy atom. The highest BCUT2D eigenvalue weighted by Gasteiger charge is 2.23. The molecule has 3 rings (SSSR count). The highest BCUT2D eigenvalue weighted by molar-refractivity contribution is 6.42. The predicted octanol–water partition coefficient (Wildman–Crippen LogP) is 4.17. The molecule has 1 aliphatic rings. The van der Waals surface area contributed by atoms with Crippen LogP contribution in [0, 0.1) is 17.0 Å². The molecule has 0 saturated carbocycles. The highest BCUT2D eigenvalue weighted by Crippen LogP contribution is 2.28. The summed E-state index contributed by atoms with van der Waals surface area (Å²) in [4.78, 5) is 27.0. The average Bonchev–Trinajstić information content (AvgIpc) is 2.63. The average molecular weight is 394 g/mol. The third-order valence-electron chi connectivity index (χ3n) is 4.48. The molecule has 2 aromatic carbocycles. The van der Waals surface area contributed by atoms with Gasteiger partial charge in [0.15, 0.2) is 0 Å². The Morgan fingerprint density at radius 3 is 2.31 bits per heavy atom. The number of anilines is 1. The standard InChI is InChI=1S/C18H17Cl2N3O3/c1-12-10-13(2-5-17(12)23(25)26)18(24)22-8-6-21(7-9-22)14-3-4-15(19)16(20)11-14/h2-5,10-11H,6-9H2,1H3. The van der Waals surface area contributed by atoms with Crippen molar-refractivity contribution in [1.82, 2.24) is 4.90 Å². The number of carbonyl (C=O) groups is 1. The second-order valence-electron chi connectivity index (χ2n) is 6.14. The van der Waals surface area contributed by atoms with E-state index in [1.165, 1.54) is 12.1 Å². The Bertz CT molecular complexity index is 865. The van der Waals surface area contributed by atoms with Gasteiger partial charge in [-0.2, -0.15) is 0 Å². The van der Waals surface area contributed by atoms with Gasteiger partial charge in [0, 0.05) is 49.1 Å². The van der Waals surface area contributed by atoms with Crippen LogP contribution in [0.5, 0.6) is 0 Å². The van der Waals surface area contributed by atoms with E-state index in [1.54, 1.807) is 24.0 Å². The molecule has 0 aliphatic carbocycles. The van der Waals surface area contributed by atoms with Gasteiger partial charge in [0.25, 0.3) is 11.6 Å². The summed E-state index contributed by atoms with van der Waals surface area (Å²) in [5, 5.41) is 11.9.